The second kappa shape index (κ2) is 18.1. The number of hydrogen-bond donors (Lipinski definition) is 1. The Morgan fingerprint density at radius 1 is 1.02 bits per heavy atom. The Labute approximate surface area is 294 Å². The first-order valence-electron chi connectivity index (χ1n) is 15.8. The van der Waals surface area contributed by atoms with Gasteiger partial charge < -0.3 is 9.47 Å². The Morgan fingerprint density at radius 3 is 2.43 bits per heavy atom. The van der Waals surface area contributed by atoms with E-state index in [4.69, 9.17) is 21.1 Å². The van der Waals surface area contributed by atoms with E-state index in [9.17, 15) is 13.2 Å². The third kappa shape index (κ3) is 10.6. The van der Waals surface area contributed by atoms with Crippen LogP contribution in [0.2, 0.25) is 5.02 Å². The van der Waals surface area contributed by atoms with E-state index in [2.05, 4.69) is 67.7 Å². The summed E-state index contributed by atoms with van der Waals surface area (Å²) in [5, 5.41) is 1.88. The van der Waals surface area contributed by atoms with E-state index >= 15 is 0 Å². The number of unbranched alkanes of at least 4 members (excludes halogenated alkanes) is 2. The van der Waals surface area contributed by atoms with E-state index in [-0.39, 0.29) is 22.2 Å². The lowest BCUT2D eigenvalue weighted by Gasteiger charge is -2.15. The van der Waals surface area contributed by atoms with Gasteiger partial charge in [-0.1, -0.05) is 22.9 Å². The number of sulfone groups is 1. The summed E-state index contributed by atoms with van der Waals surface area (Å²) in [6.45, 7) is 12.8. The molecule has 46 heavy (non-hydrogen) atoms. The summed E-state index contributed by atoms with van der Waals surface area (Å²) in [5.41, 5.74) is 4.94. The molecule has 2 aromatic carbocycles. The highest BCUT2D eigenvalue weighted by atomic mass is 35.5. The fourth-order valence-electron chi connectivity index (χ4n) is 5.49. The van der Waals surface area contributed by atoms with Crippen LogP contribution in [0.1, 0.15) is 70.4 Å². The Hall–Kier alpha value is -1.79. The molecule has 12 heteroatoms. The third-order valence-corrected chi connectivity index (χ3v) is 12.6. The van der Waals surface area contributed by atoms with Crippen LogP contribution in [-0.4, -0.2) is 67.3 Å². The van der Waals surface area contributed by atoms with Crippen LogP contribution in [0, 0.1) is 6.92 Å². The van der Waals surface area contributed by atoms with Gasteiger partial charge >= 0.3 is 5.30 Å². The van der Waals surface area contributed by atoms with E-state index in [0.29, 0.717) is 25.2 Å². The number of rotatable bonds is 15. The van der Waals surface area contributed by atoms with Gasteiger partial charge in [-0.3, -0.25) is 0 Å². The molecule has 0 fully saturated rings. The molecule has 0 unspecified atom stereocenters. The van der Waals surface area contributed by atoms with Gasteiger partial charge in [0.1, 0.15) is 33.4 Å². The predicted molar refractivity (Wildman–Crippen MR) is 198 cm³/mol. The molecule has 0 N–H and O–H groups in total. The molecule has 1 aliphatic heterocycles. The normalized spacial score (nSPS) is 13.8. The highest BCUT2D eigenvalue weighted by molar-refractivity contribution is 8.13. The molecule has 0 atom stereocenters. The number of thiazole rings is 1. The van der Waals surface area contributed by atoms with Crippen LogP contribution < -0.4 is 9.30 Å². The van der Waals surface area contributed by atoms with Crippen molar-refractivity contribution in [3.63, 3.8) is 0 Å². The lowest BCUT2D eigenvalue weighted by atomic mass is 9.82. The van der Waals surface area contributed by atoms with E-state index < -0.39 is 9.84 Å². The highest BCUT2D eigenvalue weighted by Gasteiger charge is 2.43. The summed E-state index contributed by atoms with van der Waals surface area (Å²) >= 11 is 13.2. The summed E-state index contributed by atoms with van der Waals surface area (Å²) in [6.07, 6.45) is 4.22. The van der Waals surface area contributed by atoms with Crippen LogP contribution in [0.15, 0.2) is 36.4 Å². The first-order chi connectivity index (χ1) is 21.8. The molecule has 1 aromatic heterocycles. The average Bonchev–Trinajstić information content (AvgIpc) is 3.42. The highest BCUT2D eigenvalue weighted by Crippen LogP contribution is 2.41. The van der Waals surface area contributed by atoms with Crippen LogP contribution in [0.3, 0.4) is 0 Å². The largest absolute Gasteiger partial charge is 0.497 e. The molecule has 0 amide bonds. The number of aryl methyl sites for hydroxylation is 2. The van der Waals surface area contributed by atoms with Crippen molar-refractivity contribution in [1.29, 1.82) is 0 Å². The van der Waals surface area contributed by atoms with E-state index in [0.717, 1.165) is 48.9 Å². The molecular weight excluding hydrogens is 680 g/mol. The molecule has 4 rings (SSSR count). The van der Waals surface area contributed by atoms with E-state index in [1.54, 1.807) is 18.4 Å². The lowest BCUT2D eigenvalue weighted by Crippen LogP contribution is -2.35. The van der Waals surface area contributed by atoms with Crippen molar-refractivity contribution in [3.05, 3.63) is 52.0 Å². The summed E-state index contributed by atoms with van der Waals surface area (Å²) in [7, 11) is -1.25. The van der Waals surface area contributed by atoms with Crippen LogP contribution >= 0.6 is 47.3 Å². The Morgan fingerprint density at radius 2 is 1.74 bits per heavy atom. The van der Waals surface area contributed by atoms with Crippen molar-refractivity contribution < 1.29 is 31.8 Å². The van der Waals surface area contributed by atoms with Crippen molar-refractivity contribution in [2.45, 2.75) is 78.7 Å². The second-order valence-electron chi connectivity index (χ2n) is 11.8. The number of thioether (sulfide) groups is 1. The van der Waals surface area contributed by atoms with Gasteiger partial charge in [0, 0.05) is 55.2 Å². The summed E-state index contributed by atoms with van der Waals surface area (Å²) in [4.78, 5) is 11.2. The van der Waals surface area contributed by atoms with Gasteiger partial charge in [-0.25, -0.2) is 13.2 Å². The number of nitrogens with zero attached hydrogens (tertiary/aromatic N) is 2. The van der Waals surface area contributed by atoms with Crippen LogP contribution in [-0.2, 0) is 26.5 Å². The first-order valence-corrected chi connectivity index (χ1v) is 20.5. The Bertz CT molecular complexity index is 1620. The minimum atomic E-state index is -2.94. The number of carbonyl (C=O) groups is 1. The molecule has 254 valence electrons. The van der Waals surface area contributed by atoms with Gasteiger partial charge in [0.15, 0.2) is 5.71 Å². The van der Waals surface area contributed by atoms with E-state index in [1.165, 1.54) is 43.9 Å². The molecule has 1 aliphatic rings. The number of methoxy groups -OCH3 is 1. The standard InChI is InChI=1S/C19H29NO3S2.C15H19ClNO2S2/c1-15-19(2,3)17-14-16(23-4)8-9-18(17)20(15)10-5-6-12-25(21,22)13-7-11-24;1-3-19-15(18)20-9-5-4-8-17-11(2)21-14-7-6-12(16)10-13(14)17/h8-9,14H,5-7,10-13H2,1-4H3;6-7,10H,3-5,8-9H2,1-2H3/q;+1/p+1. The number of aromatic nitrogens is 1. The topological polar surface area (TPSA) is 76.6 Å². The fourth-order valence-corrected chi connectivity index (χ4v) is 9.21. The second-order valence-corrected chi connectivity index (χ2v) is 17.3. The Kier molecular flexibility index (Phi) is 15.2. The maximum absolute atomic E-state index is 12.0. The summed E-state index contributed by atoms with van der Waals surface area (Å²) in [6, 6.07) is 12.2. The van der Waals surface area contributed by atoms with Crippen molar-refractivity contribution in [2.75, 3.05) is 43.3 Å². The van der Waals surface area contributed by atoms with Gasteiger partial charge in [0.05, 0.1) is 30.6 Å². The van der Waals surface area contributed by atoms with Gasteiger partial charge in [0.25, 0.3) is 0 Å². The van der Waals surface area contributed by atoms with Crippen molar-refractivity contribution in [1.82, 2.24) is 0 Å². The van der Waals surface area contributed by atoms with Crippen LogP contribution in [0.25, 0.3) is 10.2 Å². The maximum Gasteiger partial charge on any atom is 0.367 e. The molecule has 7 nitrogen and oxygen atoms in total. The summed E-state index contributed by atoms with van der Waals surface area (Å²) in [5.74, 6) is 2.82. The van der Waals surface area contributed by atoms with Crippen molar-refractivity contribution in [2.24, 2.45) is 0 Å². The van der Waals surface area contributed by atoms with Gasteiger partial charge in [0.2, 0.25) is 16.2 Å². The van der Waals surface area contributed by atoms with Crippen molar-refractivity contribution >= 4 is 84.1 Å². The van der Waals surface area contributed by atoms with Gasteiger partial charge in [-0.05, 0) is 81.8 Å². The van der Waals surface area contributed by atoms with Crippen LogP contribution in [0.4, 0.5) is 10.5 Å². The SMILES string of the molecule is CCOC(=O)SCCCC[n+]1c(C)sc2ccc(Cl)cc21.COc1ccc2c(c1)C(C)(C)C(C)=[N+]2CCCCS(=O)(=O)CCCS. The van der Waals surface area contributed by atoms with E-state index in [1.807, 2.05) is 25.1 Å². The zero-order valence-electron chi connectivity index (χ0n) is 27.9. The minimum Gasteiger partial charge on any atom is -0.497 e. The molecule has 0 aliphatic carbocycles. The Balaban J connectivity index is 0.000000254. The zero-order valence-corrected chi connectivity index (χ0v) is 32.0. The number of thiol groups is 1. The van der Waals surface area contributed by atoms with Crippen LogP contribution in [0.5, 0.6) is 5.75 Å². The number of carbonyl (C=O) groups excluding carboxylic acids is 1. The summed E-state index contributed by atoms with van der Waals surface area (Å²) < 4.78 is 40.1. The van der Waals surface area contributed by atoms with Gasteiger partial charge in [-0.15, -0.1) is 0 Å². The molecule has 3 aromatic rings. The number of hydrogen-bond acceptors (Lipinski definition) is 8. The lowest BCUT2D eigenvalue weighted by molar-refractivity contribution is -0.673. The minimum absolute atomic E-state index is 0.0392. The monoisotopic (exact) mass is 728 g/mol. The first kappa shape index (κ1) is 38.7. The molecule has 0 saturated heterocycles. The smallest absolute Gasteiger partial charge is 0.367 e. The molecule has 0 radical (unpaired) electrons. The number of ether oxygens (including phenoxy) is 2. The fraction of sp³-hybridized carbons (Fsp3) is 0.559. The third-order valence-electron chi connectivity index (χ3n) is 8.29. The molecular formula is C34H49ClN2O5S4+2. The predicted octanol–water partition coefficient (Wildman–Crippen LogP) is 8.43. The number of halogens is 1. The zero-order chi connectivity index (χ0) is 33.9. The molecule has 0 spiro atoms. The quantitative estimate of drug-likeness (QED) is 0.0733. The molecule has 0 saturated carbocycles. The number of fused-ring (bicyclic) bond motifs is 2. The molecule has 2 heterocycles. The molecule has 0 bridgehead atoms. The average molecular weight is 729 g/mol. The van der Waals surface area contributed by atoms with Crippen molar-refractivity contribution in [3.8, 4) is 5.75 Å². The maximum atomic E-state index is 12.0. The number of benzene rings is 2. The van der Waals surface area contributed by atoms with Gasteiger partial charge in [-0.2, -0.15) is 21.8 Å².